The summed E-state index contributed by atoms with van der Waals surface area (Å²) < 4.78 is 9.67. The lowest BCUT2D eigenvalue weighted by molar-refractivity contribution is -0.136. The molecule has 0 aliphatic heterocycles. The summed E-state index contributed by atoms with van der Waals surface area (Å²) in [5, 5.41) is 12.6. The Kier molecular flexibility index (Phi) is 6.62. The molecule has 0 N–H and O–H groups in total. The first-order valence-electron chi connectivity index (χ1n) is 6.16. The molecule has 0 radical (unpaired) electrons. The number of methoxy groups -OCH3 is 1. The van der Waals surface area contributed by atoms with Crippen molar-refractivity contribution in [3.8, 4) is 6.07 Å². The Morgan fingerprint density at radius 1 is 1.48 bits per heavy atom. The van der Waals surface area contributed by atoms with Crippen LogP contribution in [0.5, 0.6) is 0 Å². The lowest BCUT2D eigenvalue weighted by Crippen LogP contribution is -2.11. The number of hydrogen-bond donors (Lipinski definition) is 0. The Balaban J connectivity index is 3.75. The van der Waals surface area contributed by atoms with Crippen molar-refractivity contribution < 1.29 is 19.1 Å². The van der Waals surface area contributed by atoms with Crippen molar-refractivity contribution in [1.29, 1.82) is 5.26 Å². The predicted molar refractivity (Wildman–Crippen MR) is 81.2 cm³/mol. The first kappa shape index (κ1) is 18.0. The van der Waals surface area contributed by atoms with E-state index in [1.54, 1.807) is 6.07 Å². The topological polar surface area (TPSA) is 125 Å². The molecule has 23 heavy (non-hydrogen) atoms. The molecular weight excluding hydrogens is 324 g/mol. The molecule has 0 unspecified atom stereocenters. The van der Waals surface area contributed by atoms with Crippen molar-refractivity contribution in [3.05, 3.63) is 44.8 Å². The minimum Gasteiger partial charge on any atom is -0.466 e. The number of carbonyl (C=O) groups excluding carboxylic acids is 2. The monoisotopic (exact) mass is 334 g/mol. The molecule has 0 bridgehead atoms. The van der Waals surface area contributed by atoms with Gasteiger partial charge in [-0.05, 0) is 17.7 Å². The zero-order valence-electron chi connectivity index (χ0n) is 12.2. The van der Waals surface area contributed by atoms with Gasteiger partial charge in [-0.25, -0.2) is 4.79 Å². The maximum Gasteiger partial charge on any atom is 0.338 e. The smallest absolute Gasteiger partial charge is 0.338 e. The Morgan fingerprint density at radius 3 is 2.70 bits per heavy atom. The Morgan fingerprint density at radius 2 is 2.17 bits per heavy atom. The predicted octanol–water partition coefficient (Wildman–Crippen LogP) is 3.64. The number of carbonyl (C=O) groups is 2. The molecule has 118 valence electrons. The fourth-order valence-electron chi connectivity index (χ4n) is 1.70. The number of nitrogens with zero attached hydrogens (tertiary/aromatic N) is 4. The Hall–Kier alpha value is -3.01. The standard InChI is InChI=1S/C14H11ClN4O4/c1-8(20)23-13(10(5-6-16)14(21)22-2)11-7-9(15)3-4-12(11)18-19-17/h3-4,7H,5H2,1-2H3/b13-10-. The zero-order valence-corrected chi connectivity index (χ0v) is 13.0. The molecule has 9 heteroatoms. The van der Waals surface area contributed by atoms with Crippen LogP contribution in [0, 0.1) is 11.3 Å². The second-order valence-electron chi connectivity index (χ2n) is 4.08. The van der Waals surface area contributed by atoms with E-state index in [2.05, 4.69) is 14.8 Å². The highest BCUT2D eigenvalue weighted by molar-refractivity contribution is 6.30. The molecule has 0 amide bonds. The number of benzene rings is 1. The van der Waals surface area contributed by atoms with Gasteiger partial charge in [-0.2, -0.15) is 5.26 Å². The SMILES string of the molecule is COC(=O)/C(CC#N)=C(\OC(C)=O)c1cc(Cl)ccc1N=[N+]=[N-]. The number of nitriles is 1. The van der Waals surface area contributed by atoms with Crippen molar-refractivity contribution in [2.45, 2.75) is 13.3 Å². The van der Waals surface area contributed by atoms with Gasteiger partial charge in [-0.15, -0.1) is 0 Å². The highest BCUT2D eigenvalue weighted by atomic mass is 35.5. The fraction of sp³-hybridized carbons (Fsp3) is 0.214. The summed E-state index contributed by atoms with van der Waals surface area (Å²) in [5.74, 6) is -1.82. The number of hydrogen-bond acceptors (Lipinski definition) is 6. The number of esters is 2. The molecule has 0 aliphatic rings. The second kappa shape index (κ2) is 8.44. The summed E-state index contributed by atoms with van der Waals surface area (Å²) in [6.07, 6.45) is -0.377. The van der Waals surface area contributed by atoms with Gasteiger partial charge in [0.1, 0.15) is 5.76 Å². The third-order valence-electron chi connectivity index (χ3n) is 2.56. The van der Waals surface area contributed by atoms with E-state index in [-0.39, 0.29) is 34.0 Å². The molecule has 0 fully saturated rings. The van der Waals surface area contributed by atoms with Gasteiger partial charge in [0.15, 0.2) is 0 Å². The molecule has 0 atom stereocenters. The van der Waals surface area contributed by atoms with Crippen LogP contribution in [0.4, 0.5) is 5.69 Å². The van der Waals surface area contributed by atoms with Crippen molar-refractivity contribution >= 4 is 35.0 Å². The van der Waals surface area contributed by atoms with Gasteiger partial charge < -0.3 is 9.47 Å². The average Bonchev–Trinajstić information content (AvgIpc) is 2.51. The van der Waals surface area contributed by atoms with E-state index in [4.69, 9.17) is 27.1 Å². The van der Waals surface area contributed by atoms with E-state index in [0.29, 0.717) is 0 Å². The molecule has 0 saturated heterocycles. The molecule has 1 rings (SSSR count). The summed E-state index contributed by atoms with van der Waals surface area (Å²) in [4.78, 5) is 25.9. The quantitative estimate of drug-likeness (QED) is 0.203. The van der Waals surface area contributed by atoms with Gasteiger partial charge in [-0.1, -0.05) is 22.8 Å². The number of ether oxygens (including phenoxy) is 2. The van der Waals surface area contributed by atoms with Crippen LogP contribution < -0.4 is 0 Å². The van der Waals surface area contributed by atoms with Crippen LogP contribution in [-0.2, 0) is 19.1 Å². The van der Waals surface area contributed by atoms with E-state index in [9.17, 15) is 9.59 Å². The van der Waals surface area contributed by atoms with Crippen LogP contribution in [0.3, 0.4) is 0 Å². The molecule has 0 heterocycles. The van der Waals surface area contributed by atoms with Gasteiger partial charge in [0.05, 0.1) is 25.2 Å². The Labute approximate surface area is 136 Å². The maximum atomic E-state index is 11.9. The van der Waals surface area contributed by atoms with Crippen molar-refractivity contribution in [1.82, 2.24) is 0 Å². The molecule has 1 aromatic carbocycles. The highest BCUT2D eigenvalue weighted by Crippen LogP contribution is 2.33. The van der Waals surface area contributed by atoms with Gasteiger partial charge >= 0.3 is 11.9 Å². The van der Waals surface area contributed by atoms with Crippen LogP contribution in [-0.4, -0.2) is 19.0 Å². The van der Waals surface area contributed by atoms with Gasteiger partial charge in [0, 0.05) is 28.1 Å². The van der Waals surface area contributed by atoms with E-state index in [1.165, 1.54) is 18.2 Å². The average molecular weight is 335 g/mol. The first-order valence-corrected chi connectivity index (χ1v) is 6.54. The van der Waals surface area contributed by atoms with Gasteiger partial charge in [0.25, 0.3) is 0 Å². The molecule has 1 aromatic rings. The van der Waals surface area contributed by atoms with Crippen molar-refractivity contribution in [2.24, 2.45) is 5.11 Å². The lowest BCUT2D eigenvalue weighted by Gasteiger charge is -2.14. The normalized spacial score (nSPS) is 10.7. The van der Waals surface area contributed by atoms with E-state index in [1.807, 2.05) is 0 Å². The molecule has 0 spiro atoms. The highest BCUT2D eigenvalue weighted by Gasteiger charge is 2.22. The zero-order chi connectivity index (χ0) is 17.4. The molecule has 0 aromatic heterocycles. The molecule has 8 nitrogen and oxygen atoms in total. The number of azide groups is 1. The van der Waals surface area contributed by atoms with E-state index >= 15 is 0 Å². The minimum atomic E-state index is -0.852. The van der Waals surface area contributed by atoms with Crippen molar-refractivity contribution in [3.63, 3.8) is 0 Å². The third-order valence-corrected chi connectivity index (χ3v) is 2.80. The van der Waals surface area contributed by atoms with Crippen molar-refractivity contribution in [2.75, 3.05) is 7.11 Å². The molecular formula is C14H11ClN4O4. The number of halogens is 1. The van der Waals surface area contributed by atoms with E-state index < -0.39 is 11.9 Å². The number of rotatable bonds is 5. The molecule has 0 aliphatic carbocycles. The first-order chi connectivity index (χ1) is 10.9. The Bertz CT molecular complexity index is 761. The summed E-state index contributed by atoms with van der Waals surface area (Å²) in [6.45, 7) is 1.12. The second-order valence-corrected chi connectivity index (χ2v) is 4.52. The van der Waals surface area contributed by atoms with E-state index in [0.717, 1.165) is 14.0 Å². The van der Waals surface area contributed by atoms with Gasteiger partial charge in [-0.3, -0.25) is 4.79 Å². The van der Waals surface area contributed by atoms with Crippen LogP contribution in [0.2, 0.25) is 5.02 Å². The summed E-state index contributed by atoms with van der Waals surface area (Å²) in [5.41, 5.74) is 8.61. The maximum absolute atomic E-state index is 11.9. The molecule has 0 saturated carbocycles. The third kappa shape index (κ3) is 4.74. The van der Waals surface area contributed by atoms with Crippen LogP contribution in [0.1, 0.15) is 18.9 Å². The summed E-state index contributed by atoms with van der Waals surface area (Å²) >= 11 is 5.91. The van der Waals surface area contributed by atoms with Crippen LogP contribution in [0.15, 0.2) is 28.9 Å². The van der Waals surface area contributed by atoms with Gasteiger partial charge in [0.2, 0.25) is 0 Å². The summed E-state index contributed by atoms with van der Waals surface area (Å²) in [6, 6.07) is 5.99. The fourth-order valence-corrected chi connectivity index (χ4v) is 1.87. The van der Waals surface area contributed by atoms with Crippen LogP contribution >= 0.6 is 11.6 Å². The largest absolute Gasteiger partial charge is 0.466 e. The minimum absolute atomic E-state index is 0.0764. The lowest BCUT2D eigenvalue weighted by atomic mass is 10.0. The summed E-state index contributed by atoms with van der Waals surface area (Å²) in [7, 11) is 1.12. The van der Waals surface area contributed by atoms with Crippen LogP contribution in [0.25, 0.3) is 16.2 Å².